The molecule has 1 fully saturated rings. The smallest absolute Gasteiger partial charge is 0.267 e. The monoisotopic (exact) mass is 415 g/mol. The first-order chi connectivity index (χ1) is 15.8. The standard InChI is InChI=1S/C28H21N3O/c32-28(24-16-27(18-13-14-18)30-26-12-6-5-11-23(24)26)31-29-17-25-21-9-3-1-7-19(21)15-20-8-2-4-10-22(20)25/h1-12,15-18H,13-14H2,(H,31,32)/b29-17-. The van der Waals surface area contributed by atoms with Crippen molar-refractivity contribution in [3.8, 4) is 0 Å². The van der Waals surface area contributed by atoms with Gasteiger partial charge >= 0.3 is 0 Å². The van der Waals surface area contributed by atoms with E-state index in [2.05, 4.69) is 40.9 Å². The summed E-state index contributed by atoms with van der Waals surface area (Å²) in [7, 11) is 0. The molecule has 32 heavy (non-hydrogen) atoms. The molecule has 0 saturated heterocycles. The van der Waals surface area contributed by atoms with Crippen LogP contribution < -0.4 is 5.43 Å². The van der Waals surface area contributed by atoms with Crippen molar-refractivity contribution in [3.05, 3.63) is 102 Å². The highest BCUT2D eigenvalue weighted by atomic mass is 16.2. The number of hydrazone groups is 1. The zero-order valence-electron chi connectivity index (χ0n) is 17.5. The van der Waals surface area contributed by atoms with Crippen LogP contribution in [-0.2, 0) is 0 Å². The van der Waals surface area contributed by atoms with Crippen molar-refractivity contribution in [2.24, 2.45) is 5.10 Å². The second-order valence-corrected chi connectivity index (χ2v) is 8.32. The first-order valence-electron chi connectivity index (χ1n) is 10.9. The van der Waals surface area contributed by atoms with E-state index >= 15 is 0 Å². The highest BCUT2D eigenvalue weighted by Gasteiger charge is 2.26. The number of fused-ring (bicyclic) bond motifs is 3. The molecule has 6 rings (SSSR count). The van der Waals surface area contributed by atoms with Gasteiger partial charge in [0.25, 0.3) is 5.91 Å². The third kappa shape index (κ3) is 3.30. The molecule has 1 aromatic heterocycles. The minimum Gasteiger partial charge on any atom is -0.267 e. The van der Waals surface area contributed by atoms with Crippen molar-refractivity contribution >= 4 is 44.6 Å². The molecule has 0 atom stereocenters. The van der Waals surface area contributed by atoms with Gasteiger partial charge in [0.2, 0.25) is 0 Å². The number of para-hydroxylation sites is 1. The van der Waals surface area contributed by atoms with Crippen LogP contribution in [0, 0.1) is 0 Å². The Labute approximate surface area is 185 Å². The lowest BCUT2D eigenvalue weighted by molar-refractivity contribution is 0.0956. The lowest BCUT2D eigenvalue weighted by atomic mass is 9.97. The van der Waals surface area contributed by atoms with E-state index in [1.807, 2.05) is 54.6 Å². The van der Waals surface area contributed by atoms with Gasteiger partial charge in [0.05, 0.1) is 17.3 Å². The Morgan fingerprint density at radius 2 is 1.47 bits per heavy atom. The molecule has 1 amide bonds. The van der Waals surface area contributed by atoms with E-state index < -0.39 is 0 Å². The topological polar surface area (TPSA) is 54.4 Å². The van der Waals surface area contributed by atoms with E-state index in [9.17, 15) is 4.79 Å². The molecule has 0 aliphatic heterocycles. The van der Waals surface area contributed by atoms with Crippen LogP contribution in [-0.4, -0.2) is 17.1 Å². The molecule has 1 heterocycles. The maximum absolute atomic E-state index is 13.1. The number of pyridine rings is 1. The third-order valence-electron chi connectivity index (χ3n) is 6.15. The summed E-state index contributed by atoms with van der Waals surface area (Å²) in [6.45, 7) is 0. The SMILES string of the molecule is O=C(N/N=C\c1c2ccccc2cc2ccccc12)c1cc(C2CC2)nc2ccccc12. The maximum Gasteiger partial charge on any atom is 0.272 e. The molecule has 1 saturated carbocycles. The average Bonchev–Trinajstić information content (AvgIpc) is 3.68. The highest BCUT2D eigenvalue weighted by molar-refractivity contribution is 6.13. The van der Waals surface area contributed by atoms with Crippen molar-refractivity contribution in [2.75, 3.05) is 0 Å². The van der Waals surface area contributed by atoms with Gasteiger partial charge in [-0.2, -0.15) is 5.10 Å². The summed E-state index contributed by atoms with van der Waals surface area (Å²) in [5, 5.41) is 9.72. The number of aromatic nitrogens is 1. The Balaban J connectivity index is 1.38. The normalized spacial score (nSPS) is 13.9. The van der Waals surface area contributed by atoms with Gasteiger partial charge in [-0.25, -0.2) is 5.43 Å². The molecule has 0 unspecified atom stereocenters. The predicted molar refractivity (Wildman–Crippen MR) is 130 cm³/mol. The number of carbonyl (C=O) groups is 1. The minimum absolute atomic E-state index is 0.216. The summed E-state index contributed by atoms with van der Waals surface area (Å²) in [4.78, 5) is 17.9. The van der Waals surface area contributed by atoms with Crippen LogP contribution in [0.2, 0.25) is 0 Å². The number of nitrogens with one attached hydrogen (secondary N) is 1. The Kier molecular flexibility index (Phi) is 4.43. The van der Waals surface area contributed by atoms with E-state index in [-0.39, 0.29) is 5.91 Å². The zero-order chi connectivity index (χ0) is 21.5. The Hall–Kier alpha value is -4.05. The first kappa shape index (κ1) is 18.7. The van der Waals surface area contributed by atoms with Crippen LogP contribution in [0.3, 0.4) is 0 Å². The van der Waals surface area contributed by atoms with Gasteiger partial charge in [-0.1, -0.05) is 66.7 Å². The van der Waals surface area contributed by atoms with E-state index in [0.717, 1.165) is 56.5 Å². The Bertz CT molecular complexity index is 1480. The molecule has 4 aromatic carbocycles. The van der Waals surface area contributed by atoms with Crippen LogP contribution in [0.15, 0.2) is 90.0 Å². The molecule has 5 aromatic rings. The predicted octanol–water partition coefficient (Wildman–Crippen LogP) is 6.18. The molecule has 154 valence electrons. The lowest BCUT2D eigenvalue weighted by Gasteiger charge is -2.09. The van der Waals surface area contributed by atoms with Crippen molar-refractivity contribution in [1.29, 1.82) is 0 Å². The van der Waals surface area contributed by atoms with Crippen molar-refractivity contribution in [1.82, 2.24) is 10.4 Å². The quantitative estimate of drug-likeness (QED) is 0.216. The summed E-state index contributed by atoms with van der Waals surface area (Å²) < 4.78 is 0. The molecular weight excluding hydrogens is 394 g/mol. The van der Waals surface area contributed by atoms with Gasteiger partial charge in [0.15, 0.2) is 0 Å². The van der Waals surface area contributed by atoms with Gasteiger partial charge in [-0.3, -0.25) is 9.78 Å². The van der Waals surface area contributed by atoms with Crippen molar-refractivity contribution in [3.63, 3.8) is 0 Å². The summed E-state index contributed by atoms with van der Waals surface area (Å²) in [5.74, 6) is 0.253. The van der Waals surface area contributed by atoms with E-state index in [1.54, 1.807) is 6.21 Å². The van der Waals surface area contributed by atoms with E-state index in [1.165, 1.54) is 0 Å². The van der Waals surface area contributed by atoms with Crippen LogP contribution >= 0.6 is 0 Å². The average molecular weight is 415 g/mol. The van der Waals surface area contributed by atoms with Crippen molar-refractivity contribution in [2.45, 2.75) is 18.8 Å². The fraction of sp³-hybridized carbons (Fsp3) is 0.107. The van der Waals surface area contributed by atoms with Crippen LogP contribution in [0.5, 0.6) is 0 Å². The fourth-order valence-corrected chi connectivity index (χ4v) is 4.38. The molecule has 0 spiro atoms. The van der Waals surface area contributed by atoms with Crippen LogP contribution in [0.25, 0.3) is 32.4 Å². The largest absolute Gasteiger partial charge is 0.272 e. The van der Waals surface area contributed by atoms with Crippen LogP contribution in [0.1, 0.15) is 40.4 Å². The maximum atomic E-state index is 13.1. The van der Waals surface area contributed by atoms with Crippen molar-refractivity contribution < 1.29 is 4.79 Å². The second-order valence-electron chi connectivity index (χ2n) is 8.32. The van der Waals surface area contributed by atoms with Gasteiger partial charge < -0.3 is 0 Å². The molecule has 4 heteroatoms. The number of benzene rings is 4. The summed E-state index contributed by atoms with van der Waals surface area (Å²) in [5.41, 5.74) is 6.23. The number of hydrogen-bond acceptors (Lipinski definition) is 3. The van der Waals surface area contributed by atoms with E-state index in [0.29, 0.717) is 11.5 Å². The number of nitrogens with zero attached hydrogens (tertiary/aromatic N) is 2. The molecular formula is C28H21N3O. The molecule has 1 aliphatic rings. The summed E-state index contributed by atoms with van der Waals surface area (Å²) >= 11 is 0. The molecule has 1 aliphatic carbocycles. The van der Waals surface area contributed by atoms with Gasteiger partial charge in [-0.05, 0) is 52.6 Å². The number of carbonyl (C=O) groups excluding carboxylic acids is 1. The second kappa shape index (κ2) is 7.57. The summed E-state index contributed by atoms with van der Waals surface area (Å²) in [6, 6.07) is 28.4. The zero-order valence-corrected chi connectivity index (χ0v) is 17.5. The molecule has 4 nitrogen and oxygen atoms in total. The van der Waals surface area contributed by atoms with Gasteiger partial charge in [0.1, 0.15) is 0 Å². The first-order valence-corrected chi connectivity index (χ1v) is 10.9. The lowest BCUT2D eigenvalue weighted by Crippen LogP contribution is -2.18. The fourth-order valence-electron chi connectivity index (χ4n) is 4.38. The number of amides is 1. The summed E-state index contributed by atoms with van der Waals surface area (Å²) in [6.07, 6.45) is 4.03. The van der Waals surface area contributed by atoms with Gasteiger partial charge in [0, 0.05) is 22.6 Å². The van der Waals surface area contributed by atoms with Crippen LogP contribution in [0.4, 0.5) is 0 Å². The number of rotatable bonds is 4. The molecule has 0 bridgehead atoms. The van der Waals surface area contributed by atoms with Gasteiger partial charge in [-0.15, -0.1) is 0 Å². The third-order valence-corrected chi connectivity index (χ3v) is 6.15. The molecule has 1 N–H and O–H groups in total. The van der Waals surface area contributed by atoms with E-state index in [4.69, 9.17) is 4.98 Å². The molecule has 0 radical (unpaired) electrons. The highest BCUT2D eigenvalue weighted by Crippen LogP contribution is 2.40. The number of hydrogen-bond donors (Lipinski definition) is 1. The minimum atomic E-state index is -0.216. The Morgan fingerprint density at radius 3 is 2.16 bits per heavy atom. The Morgan fingerprint density at radius 1 is 0.844 bits per heavy atom.